The van der Waals surface area contributed by atoms with Crippen LogP contribution in [0, 0.1) is 0 Å². The molecule has 0 aliphatic heterocycles. The molecule has 7 heteroatoms. The predicted molar refractivity (Wildman–Crippen MR) is 107 cm³/mol. The Bertz CT molecular complexity index is 861. The topological polar surface area (TPSA) is 62.3 Å². The molecule has 0 aliphatic rings. The van der Waals surface area contributed by atoms with Gasteiger partial charge in [-0.25, -0.2) is 4.98 Å². The molecule has 2 amide bonds. The van der Waals surface area contributed by atoms with Crippen LogP contribution >= 0.6 is 22.7 Å². The highest BCUT2D eigenvalue weighted by molar-refractivity contribution is 7.13. The summed E-state index contributed by atoms with van der Waals surface area (Å²) >= 11 is 3.11. The first-order valence-electron chi connectivity index (χ1n) is 8.23. The van der Waals surface area contributed by atoms with E-state index in [1.165, 1.54) is 21.1 Å². The summed E-state index contributed by atoms with van der Waals surface area (Å²) in [4.78, 5) is 31.6. The molecule has 134 valence electrons. The maximum absolute atomic E-state index is 12.6. The van der Waals surface area contributed by atoms with Gasteiger partial charge in [0.15, 0.2) is 5.13 Å². The molecule has 26 heavy (non-hydrogen) atoms. The van der Waals surface area contributed by atoms with E-state index in [1.54, 1.807) is 48.8 Å². The van der Waals surface area contributed by atoms with Crippen LogP contribution in [0.15, 0.2) is 53.4 Å². The lowest BCUT2D eigenvalue weighted by Crippen LogP contribution is -2.26. The van der Waals surface area contributed by atoms with Crippen LogP contribution in [-0.4, -0.2) is 23.8 Å². The standard InChI is InChI=1S/C19H19N3O2S2/c1-22(19-20-10-12-26-19)18(24)14-5-2-6-15(13-14)21-17(23)9-3-7-16-8-4-11-25-16/h2,4-6,8,10-13H,3,7,9H2,1H3,(H,21,23). The summed E-state index contributed by atoms with van der Waals surface area (Å²) in [6, 6.07) is 11.1. The van der Waals surface area contributed by atoms with E-state index >= 15 is 0 Å². The van der Waals surface area contributed by atoms with Crippen molar-refractivity contribution in [2.75, 3.05) is 17.3 Å². The summed E-state index contributed by atoms with van der Waals surface area (Å²) in [6.45, 7) is 0. The number of nitrogens with zero attached hydrogens (tertiary/aromatic N) is 2. The van der Waals surface area contributed by atoms with E-state index in [9.17, 15) is 9.59 Å². The number of hydrogen-bond donors (Lipinski definition) is 1. The van der Waals surface area contributed by atoms with Crippen molar-refractivity contribution in [3.63, 3.8) is 0 Å². The second-order valence-electron chi connectivity index (χ2n) is 5.74. The molecular weight excluding hydrogens is 366 g/mol. The minimum atomic E-state index is -0.159. The molecule has 0 unspecified atom stereocenters. The van der Waals surface area contributed by atoms with Crippen molar-refractivity contribution in [2.45, 2.75) is 19.3 Å². The van der Waals surface area contributed by atoms with E-state index in [0.717, 1.165) is 12.8 Å². The van der Waals surface area contributed by atoms with Crippen molar-refractivity contribution in [1.82, 2.24) is 4.98 Å². The molecule has 0 bridgehead atoms. The van der Waals surface area contributed by atoms with Crippen LogP contribution < -0.4 is 10.2 Å². The Balaban J connectivity index is 1.56. The van der Waals surface area contributed by atoms with Crippen LogP contribution in [0.3, 0.4) is 0 Å². The number of rotatable bonds is 7. The number of carbonyl (C=O) groups is 2. The largest absolute Gasteiger partial charge is 0.326 e. The molecule has 0 atom stereocenters. The molecule has 2 aromatic heterocycles. The molecule has 2 heterocycles. The van der Waals surface area contributed by atoms with Gasteiger partial charge in [-0.2, -0.15) is 0 Å². The fraction of sp³-hybridized carbons (Fsp3) is 0.211. The van der Waals surface area contributed by atoms with Crippen molar-refractivity contribution in [3.05, 3.63) is 63.8 Å². The molecule has 0 saturated heterocycles. The van der Waals surface area contributed by atoms with Gasteiger partial charge in [0.2, 0.25) is 5.91 Å². The smallest absolute Gasteiger partial charge is 0.259 e. The summed E-state index contributed by atoms with van der Waals surface area (Å²) in [5, 5.41) is 7.38. The summed E-state index contributed by atoms with van der Waals surface area (Å²) in [7, 11) is 1.69. The molecule has 3 rings (SSSR count). The van der Waals surface area contributed by atoms with E-state index in [4.69, 9.17) is 0 Å². The normalized spacial score (nSPS) is 10.5. The third kappa shape index (κ3) is 4.77. The minimum Gasteiger partial charge on any atom is -0.326 e. The minimum absolute atomic E-state index is 0.0422. The highest BCUT2D eigenvalue weighted by Gasteiger charge is 2.16. The summed E-state index contributed by atoms with van der Waals surface area (Å²) < 4.78 is 0. The van der Waals surface area contributed by atoms with Gasteiger partial charge in [-0.3, -0.25) is 14.5 Å². The molecule has 0 radical (unpaired) electrons. The molecule has 1 aromatic carbocycles. The lowest BCUT2D eigenvalue weighted by Gasteiger charge is -2.14. The zero-order chi connectivity index (χ0) is 18.4. The van der Waals surface area contributed by atoms with Crippen LogP contribution in [0.25, 0.3) is 0 Å². The zero-order valence-corrected chi connectivity index (χ0v) is 16.0. The van der Waals surface area contributed by atoms with E-state index < -0.39 is 0 Å². The highest BCUT2D eigenvalue weighted by atomic mass is 32.1. The molecule has 0 spiro atoms. The van der Waals surface area contributed by atoms with E-state index in [1.807, 2.05) is 16.8 Å². The second-order valence-corrected chi connectivity index (χ2v) is 7.65. The van der Waals surface area contributed by atoms with Crippen LogP contribution in [-0.2, 0) is 11.2 Å². The van der Waals surface area contributed by atoms with E-state index in [0.29, 0.717) is 22.8 Å². The number of anilines is 2. The molecule has 0 fully saturated rings. The van der Waals surface area contributed by atoms with Crippen molar-refractivity contribution >= 4 is 45.3 Å². The van der Waals surface area contributed by atoms with Gasteiger partial charge in [-0.05, 0) is 42.5 Å². The van der Waals surface area contributed by atoms with Gasteiger partial charge in [0.1, 0.15) is 0 Å². The van der Waals surface area contributed by atoms with Gasteiger partial charge in [0, 0.05) is 41.2 Å². The number of amides is 2. The van der Waals surface area contributed by atoms with Gasteiger partial charge in [-0.15, -0.1) is 22.7 Å². The Labute approximate surface area is 160 Å². The quantitative estimate of drug-likeness (QED) is 0.654. The molecule has 5 nitrogen and oxygen atoms in total. The van der Waals surface area contributed by atoms with Gasteiger partial charge >= 0.3 is 0 Å². The van der Waals surface area contributed by atoms with Gasteiger partial charge in [0.25, 0.3) is 5.91 Å². The van der Waals surface area contributed by atoms with Crippen molar-refractivity contribution < 1.29 is 9.59 Å². The maximum atomic E-state index is 12.6. The first-order chi connectivity index (χ1) is 12.6. The first-order valence-corrected chi connectivity index (χ1v) is 9.99. The Morgan fingerprint density at radius 1 is 1.15 bits per heavy atom. The van der Waals surface area contributed by atoms with Gasteiger partial charge < -0.3 is 5.32 Å². The number of thiazole rings is 1. The first kappa shape index (κ1) is 18.3. The number of thiophene rings is 1. The maximum Gasteiger partial charge on any atom is 0.259 e. The Morgan fingerprint density at radius 2 is 2.04 bits per heavy atom. The second kappa shape index (κ2) is 8.73. The highest BCUT2D eigenvalue weighted by Crippen LogP contribution is 2.20. The molecule has 3 aromatic rings. The summed E-state index contributed by atoms with van der Waals surface area (Å²) in [6.07, 6.45) is 3.83. The Morgan fingerprint density at radius 3 is 2.77 bits per heavy atom. The number of nitrogens with one attached hydrogen (secondary N) is 1. The van der Waals surface area contributed by atoms with Crippen LogP contribution in [0.1, 0.15) is 28.1 Å². The van der Waals surface area contributed by atoms with Crippen molar-refractivity contribution in [3.8, 4) is 0 Å². The number of aryl methyl sites for hydroxylation is 1. The van der Waals surface area contributed by atoms with Crippen LogP contribution in [0.5, 0.6) is 0 Å². The third-order valence-corrected chi connectivity index (χ3v) is 5.60. The Hall–Kier alpha value is -2.51. The lowest BCUT2D eigenvalue weighted by atomic mass is 10.1. The number of aromatic nitrogens is 1. The average Bonchev–Trinajstić information content (AvgIpc) is 3.34. The van der Waals surface area contributed by atoms with Crippen LogP contribution in [0.4, 0.5) is 10.8 Å². The third-order valence-electron chi connectivity index (χ3n) is 3.81. The van der Waals surface area contributed by atoms with E-state index in [-0.39, 0.29) is 11.8 Å². The zero-order valence-electron chi connectivity index (χ0n) is 14.3. The molecule has 0 saturated carbocycles. The molecular formula is C19H19N3O2S2. The monoisotopic (exact) mass is 385 g/mol. The summed E-state index contributed by atoms with van der Waals surface area (Å²) in [5.74, 6) is -0.201. The number of hydrogen-bond acceptors (Lipinski definition) is 5. The fourth-order valence-corrected chi connectivity index (χ4v) is 3.85. The number of carbonyl (C=O) groups excluding carboxylic acids is 2. The molecule has 1 N–H and O–H groups in total. The Kier molecular flexibility index (Phi) is 6.14. The lowest BCUT2D eigenvalue weighted by molar-refractivity contribution is -0.116. The van der Waals surface area contributed by atoms with Gasteiger partial charge in [0.05, 0.1) is 0 Å². The predicted octanol–water partition coefficient (Wildman–Crippen LogP) is 4.44. The number of benzene rings is 1. The van der Waals surface area contributed by atoms with E-state index in [2.05, 4.69) is 16.4 Å². The summed E-state index contributed by atoms with van der Waals surface area (Å²) in [5.41, 5.74) is 1.14. The fourth-order valence-electron chi connectivity index (χ4n) is 2.49. The molecule has 0 aliphatic carbocycles. The van der Waals surface area contributed by atoms with Crippen LogP contribution in [0.2, 0.25) is 0 Å². The van der Waals surface area contributed by atoms with Crippen molar-refractivity contribution in [1.29, 1.82) is 0 Å². The average molecular weight is 386 g/mol. The van der Waals surface area contributed by atoms with Gasteiger partial charge in [-0.1, -0.05) is 12.1 Å². The SMILES string of the molecule is CN(C(=O)c1cccc(NC(=O)CCCc2cccs2)c1)c1nccs1. The van der Waals surface area contributed by atoms with Crippen molar-refractivity contribution in [2.24, 2.45) is 0 Å².